The van der Waals surface area contributed by atoms with Crippen LogP contribution in [0.5, 0.6) is 5.75 Å². The molecule has 0 unspecified atom stereocenters. The van der Waals surface area contributed by atoms with E-state index in [1.807, 2.05) is 29.2 Å². The Bertz CT molecular complexity index is 794. The molecule has 2 heterocycles. The summed E-state index contributed by atoms with van der Waals surface area (Å²) in [5, 5.41) is 2.77. The summed E-state index contributed by atoms with van der Waals surface area (Å²) in [4.78, 5) is 28.5. The number of para-hydroxylation sites is 2. The predicted octanol–water partition coefficient (Wildman–Crippen LogP) is 2.07. The summed E-state index contributed by atoms with van der Waals surface area (Å²) in [6.07, 6.45) is 1.77. The number of carbonyl (C=O) groups excluding carboxylic acids is 2. The first-order valence-corrected chi connectivity index (χ1v) is 9.08. The molecule has 0 radical (unpaired) electrons. The van der Waals surface area contributed by atoms with Gasteiger partial charge in [0.25, 0.3) is 5.91 Å². The monoisotopic (exact) mass is 371 g/mol. The van der Waals surface area contributed by atoms with Gasteiger partial charge in [-0.3, -0.25) is 9.59 Å². The second kappa shape index (κ2) is 8.62. The molecule has 1 saturated heterocycles. The Kier molecular flexibility index (Phi) is 6.01. The van der Waals surface area contributed by atoms with E-state index in [9.17, 15) is 9.59 Å². The fourth-order valence-corrected chi connectivity index (χ4v) is 3.24. The Morgan fingerprint density at radius 3 is 2.56 bits per heavy atom. The third kappa shape index (κ3) is 4.42. The Hall–Kier alpha value is -2.96. The number of hydrogen-bond acceptors (Lipinski definition) is 5. The molecule has 0 atom stereocenters. The Morgan fingerprint density at radius 2 is 1.89 bits per heavy atom. The van der Waals surface area contributed by atoms with Crippen molar-refractivity contribution in [1.82, 2.24) is 10.2 Å². The van der Waals surface area contributed by atoms with E-state index in [2.05, 4.69) is 10.2 Å². The van der Waals surface area contributed by atoms with Crippen molar-refractivity contribution in [2.75, 3.05) is 44.7 Å². The largest absolute Gasteiger partial charge is 0.495 e. The first-order chi connectivity index (χ1) is 13.1. The third-order valence-corrected chi connectivity index (χ3v) is 4.79. The average Bonchev–Trinajstić information content (AvgIpc) is 3.14. The van der Waals surface area contributed by atoms with Crippen LogP contribution in [0.15, 0.2) is 41.0 Å². The van der Waals surface area contributed by atoms with Crippen molar-refractivity contribution in [2.45, 2.75) is 13.3 Å². The van der Waals surface area contributed by atoms with Gasteiger partial charge in [-0.1, -0.05) is 12.1 Å². The van der Waals surface area contributed by atoms with Gasteiger partial charge in [-0.05, 0) is 25.1 Å². The van der Waals surface area contributed by atoms with Crippen molar-refractivity contribution in [3.8, 4) is 5.75 Å². The van der Waals surface area contributed by atoms with E-state index >= 15 is 0 Å². The average molecular weight is 371 g/mol. The van der Waals surface area contributed by atoms with Crippen LogP contribution in [0.1, 0.15) is 22.5 Å². The van der Waals surface area contributed by atoms with Gasteiger partial charge in [0.15, 0.2) is 0 Å². The lowest BCUT2D eigenvalue weighted by molar-refractivity contribution is -0.131. The zero-order valence-corrected chi connectivity index (χ0v) is 15.7. The lowest BCUT2D eigenvalue weighted by atomic mass is 10.2. The molecule has 1 aromatic heterocycles. The summed E-state index contributed by atoms with van der Waals surface area (Å²) in [7, 11) is 1.66. The molecule has 0 spiro atoms. The number of nitrogens with zero attached hydrogens (tertiary/aromatic N) is 2. The normalized spacial score (nSPS) is 14.1. The summed E-state index contributed by atoms with van der Waals surface area (Å²) in [6, 6.07) is 9.53. The van der Waals surface area contributed by atoms with Gasteiger partial charge in [0, 0.05) is 39.1 Å². The summed E-state index contributed by atoms with van der Waals surface area (Å²) in [6.45, 7) is 4.88. The zero-order valence-electron chi connectivity index (χ0n) is 15.7. The third-order valence-electron chi connectivity index (χ3n) is 4.79. The van der Waals surface area contributed by atoms with Crippen molar-refractivity contribution in [3.05, 3.63) is 47.9 Å². The minimum atomic E-state index is -0.213. The lowest BCUT2D eigenvalue weighted by Crippen LogP contribution is -2.49. The number of amides is 2. The fourth-order valence-electron chi connectivity index (χ4n) is 3.24. The van der Waals surface area contributed by atoms with Gasteiger partial charge in [-0.15, -0.1) is 0 Å². The number of carbonyl (C=O) groups is 2. The van der Waals surface area contributed by atoms with Crippen LogP contribution in [0.3, 0.4) is 0 Å². The van der Waals surface area contributed by atoms with Crippen LogP contribution in [-0.4, -0.2) is 56.5 Å². The molecule has 3 rings (SSSR count). The number of nitrogens with one attached hydrogen (secondary N) is 1. The summed E-state index contributed by atoms with van der Waals surface area (Å²) in [5.74, 6) is 1.26. The number of rotatable bonds is 6. The van der Waals surface area contributed by atoms with E-state index in [1.54, 1.807) is 20.1 Å². The molecule has 2 aromatic rings. The molecule has 0 aliphatic carbocycles. The first kappa shape index (κ1) is 18.8. The molecule has 0 saturated carbocycles. The van der Waals surface area contributed by atoms with E-state index < -0.39 is 0 Å². The van der Waals surface area contributed by atoms with Crippen molar-refractivity contribution in [2.24, 2.45) is 0 Å². The summed E-state index contributed by atoms with van der Waals surface area (Å²) in [5.41, 5.74) is 1.56. The van der Waals surface area contributed by atoms with E-state index in [-0.39, 0.29) is 18.2 Å². The molecular weight excluding hydrogens is 346 g/mol. The number of hydrogen-bond donors (Lipinski definition) is 1. The topological polar surface area (TPSA) is 75.0 Å². The highest BCUT2D eigenvalue weighted by Crippen LogP contribution is 2.28. The highest BCUT2D eigenvalue weighted by Gasteiger charge is 2.22. The van der Waals surface area contributed by atoms with Crippen LogP contribution < -0.4 is 15.0 Å². The minimum Gasteiger partial charge on any atom is -0.495 e. The zero-order chi connectivity index (χ0) is 19.2. The quantitative estimate of drug-likeness (QED) is 0.841. The van der Waals surface area contributed by atoms with Crippen molar-refractivity contribution in [3.63, 3.8) is 0 Å². The second-order valence-corrected chi connectivity index (χ2v) is 6.44. The van der Waals surface area contributed by atoms with Gasteiger partial charge >= 0.3 is 0 Å². The van der Waals surface area contributed by atoms with Crippen LogP contribution in [0, 0.1) is 6.92 Å². The Morgan fingerprint density at radius 1 is 1.15 bits per heavy atom. The molecule has 7 heteroatoms. The van der Waals surface area contributed by atoms with E-state index in [0.29, 0.717) is 31.0 Å². The molecule has 1 aromatic carbocycles. The molecule has 1 fully saturated rings. The molecule has 1 N–H and O–H groups in total. The van der Waals surface area contributed by atoms with Crippen molar-refractivity contribution in [1.29, 1.82) is 0 Å². The van der Waals surface area contributed by atoms with Crippen molar-refractivity contribution >= 4 is 17.5 Å². The number of ether oxygens (including phenoxy) is 1. The Balaban J connectivity index is 1.45. The maximum absolute atomic E-state index is 12.4. The fraction of sp³-hybridized carbons (Fsp3) is 0.400. The van der Waals surface area contributed by atoms with Gasteiger partial charge in [-0.2, -0.15) is 0 Å². The van der Waals surface area contributed by atoms with Gasteiger partial charge in [-0.25, -0.2) is 0 Å². The predicted molar refractivity (Wildman–Crippen MR) is 102 cm³/mol. The SMILES string of the molecule is COc1ccccc1N1CCN(C(=O)CCNC(=O)c2ccoc2C)CC1. The summed E-state index contributed by atoms with van der Waals surface area (Å²) < 4.78 is 10.5. The molecular formula is C20H25N3O4. The van der Waals surface area contributed by atoms with Crippen molar-refractivity contribution < 1.29 is 18.7 Å². The van der Waals surface area contributed by atoms with Gasteiger partial charge in [0.1, 0.15) is 11.5 Å². The maximum Gasteiger partial charge on any atom is 0.254 e. The minimum absolute atomic E-state index is 0.0545. The van der Waals surface area contributed by atoms with E-state index in [1.165, 1.54) is 6.26 Å². The number of piperazine rings is 1. The molecule has 0 bridgehead atoms. The highest BCUT2D eigenvalue weighted by molar-refractivity contribution is 5.95. The standard InChI is InChI=1S/C20H25N3O4/c1-15-16(8-14-27-15)20(25)21-9-7-19(24)23-12-10-22(11-13-23)17-5-3-4-6-18(17)26-2/h3-6,8,14H,7,9-13H2,1-2H3,(H,21,25). The van der Waals surface area contributed by atoms with Gasteiger partial charge < -0.3 is 24.3 Å². The van der Waals surface area contributed by atoms with Crippen LogP contribution in [0.25, 0.3) is 0 Å². The molecule has 1 aliphatic heterocycles. The molecule has 27 heavy (non-hydrogen) atoms. The smallest absolute Gasteiger partial charge is 0.254 e. The highest BCUT2D eigenvalue weighted by atomic mass is 16.5. The number of methoxy groups -OCH3 is 1. The van der Waals surface area contributed by atoms with Gasteiger partial charge in [0.2, 0.25) is 5.91 Å². The molecule has 7 nitrogen and oxygen atoms in total. The van der Waals surface area contributed by atoms with E-state index in [4.69, 9.17) is 9.15 Å². The lowest BCUT2D eigenvalue weighted by Gasteiger charge is -2.36. The molecule has 1 aliphatic rings. The molecule has 144 valence electrons. The number of furan rings is 1. The first-order valence-electron chi connectivity index (χ1n) is 9.08. The number of anilines is 1. The van der Waals surface area contributed by atoms with Crippen LogP contribution >= 0.6 is 0 Å². The molecule has 2 amide bonds. The van der Waals surface area contributed by atoms with Crippen LogP contribution in [0.4, 0.5) is 5.69 Å². The number of benzene rings is 1. The second-order valence-electron chi connectivity index (χ2n) is 6.44. The van der Waals surface area contributed by atoms with Crippen LogP contribution in [-0.2, 0) is 4.79 Å². The van der Waals surface area contributed by atoms with E-state index in [0.717, 1.165) is 24.5 Å². The summed E-state index contributed by atoms with van der Waals surface area (Å²) >= 11 is 0. The maximum atomic E-state index is 12.4. The Labute approximate surface area is 158 Å². The van der Waals surface area contributed by atoms with Crippen LogP contribution in [0.2, 0.25) is 0 Å². The van der Waals surface area contributed by atoms with Gasteiger partial charge in [0.05, 0.1) is 24.6 Å². The number of aryl methyl sites for hydroxylation is 1.